The highest BCUT2D eigenvalue weighted by Gasteiger charge is 2.25. The number of fused-ring (bicyclic) bond motifs is 1. The Kier molecular flexibility index (Phi) is 2.16. The van der Waals surface area contributed by atoms with E-state index in [1.165, 1.54) is 6.07 Å². The van der Waals surface area contributed by atoms with Gasteiger partial charge in [-0.05, 0) is 13.0 Å². The van der Waals surface area contributed by atoms with Crippen LogP contribution in [0.15, 0.2) is 12.1 Å². The first kappa shape index (κ1) is 9.66. The standard InChI is InChI=1S/C11H8FNO2/c1-6-2-10(14)8-3-7(5-13)9(12)4-11(8)15-6/h3-4,6H,2H2,1H3. The molecule has 1 aliphatic rings. The first-order valence-corrected chi connectivity index (χ1v) is 4.55. The van der Waals surface area contributed by atoms with Crippen molar-refractivity contribution in [1.82, 2.24) is 0 Å². The molecule has 4 heteroatoms. The molecule has 0 N–H and O–H groups in total. The monoisotopic (exact) mass is 205 g/mol. The van der Waals surface area contributed by atoms with Crippen LogP contribution in [-0.2, 0) is 0 Å². The molecule has 0 saturated heterocycles. The Morgan fingerprint density at radius 3 is 3.00 bits per heavy atom. The fraction of sp³-hybridized carbons (Fsp3) is 0.273. The highest BCUT2D eigenvalue weighted by molar-refractivity contribution is 6.00. The molecule has 0 spiro atoms. The van der Waals surface area contributed by atoms with Crippen molar-refractivity contribution in [3.05, 3.63) is 29.1 Å². The summed E-state index contributed by atoms with van der Waals surface area (Å²) in [7, 11) is 0. The van der Waals surface area contributed by atoms with Gasteiger partial charge < -0.3 is 4.74 Å². The van der Waals surface area contributed by atoms with Crippen LogP contribution in [0.1, 0.15) is 29.3 Å². The van der Waals surface area contributed by atoms with Gasteiger partial charge in [-0.2, -0.15) is 5.26 Å². The predicted octanol–water partition coefficient (Wildman–Crippen LogP) is 2.05. The summed E-state index contributed by atoms with van der Waals surface area (Å²) in [5.41, 5.74) is 0.173. The van der Waals surface area contributed by atoms with Crippen molar-refractivity contribution >= 4 is 5.78 Å². The Bertz CT molecular complexity index is 476. The van der Waals surface area contributed by atoms with E-state index in [4.69, 9.17) is 10.00 Å². The van der Waals surface area contributed by atoms with E-state index in [9.17, 15) is 9.18 Å². The van der Waals surface area contributed by atoms with Gasteiger partial charge in [-0.1, -0.05) is 0 Å². The third-order valence-corrected chi connectivity index (χ3v) is 2.29. The molecular formula is C11H8FNO2. The number of ketones is 1. The van der Waals surface area contributed by atoms with Crippen LogP contribution < -0.4 is 4.74 Å². The summed E-state index contributed by atoms with van der Waals surface area (Å²) in [5, 5.41) is 8.62. The van der Waals surface area contributed by atoms with Gasteiger partial charge >= 0.3 is 0 Å². The molecule has 0 amide bonds. The summed E-state index contributed by atoms with van der Waals surface area (Å²) in [5.74, 6) is -0.534. The molecule has 15 heavy (non-hydrogen) atoms. The summed E-state index contributed by atoms with van der Waals surface area (Å²) in [6, 6.07) is 4.04. The lowest BCUT2D eigenvalue weighted by atomic mass is 9.99. The van der Waals surface area contributed by atoms with E-state index in [0.29, 0.717) is 5.56 Å². The molecule has 2 rings (SSSR count). The quantitative estimate of drug-likeness (QED) is 0.651. The van der Waals surface area contributed by atoms with E-state index >= 15 is 0 Å². The molecule has 76 valence electrons. The number of halogens is 1. The third kappa shape index (κ3) is 1.57. The van der Waals surface area contributed by atoms with Crippen LogP contribution in [0.3, 0.4) is 0 Å². The van der Waals surface area contributed by atoms with Crippen LogP contribution in [0.2, 0.25) is 0 Å². The molecule has 3 nitrogen and oxygen atoms in total. The van der Waals surface area contributed by atoms with Gasteiger partial charge in [0.25, 0.3) is 0 Å². The van der Waals surface area contributed by atoms with E-state index in [2.05, 4.69) is 0 Å². The minimum atomic E-state index is -0.654. The highest BCUT2D eigenvalue weighted by atomic mass is 19.1. The first-order chi connectivity index (χ1) is 7.11. The number of nitriles is 1. The molecule has 0 aliphatic carbocycles. The van der Waals surface area contributed by atoms with Gasteiger partial charge in [0.15, 0.2) is 5.78 Å². The Balaban J connectivity index is 2.58. The maximum absolute atomic E-state index is 13.2. The predicted molar refractivity (Wildman–Crippen MR) is 50.2 cm³/mol. The summed E-state index contributed by atoms with van der Waals surface area (Å²) in [6.07, 6.45) is 0.0288. The summed E-state index contributed by atoms with van der Waals surface area (Å²) >= 11 is 0. The minimum Gasteiger partial charge on any atom is -0.489 e. The Morgan fingerprint density at radius 2 is 2.33 bits per heavy atom. The lowest BCUT2D eigenvalue weighted by molar-refractivity contribution is 0.0870. The minimum absolute atomic E-state index is 0.111. The Labute approximate surface area is 86.1 Å². The van der Waals surface area contributed by atoms with Crippen molar-refractivity contribution in [3.63, 3.8) is 0 Å². The zero-order valence-corrected chi connectivity index (χ0v) is 8.08. The fourth-order valence-corrected chi connectivity index (χ4v) is 1.59. The largest absolute Gasteiger partial charge is 0.489 e. The number of hydrogen-bond acceptors (Lipinski definition) is 3. The van der Waals surface area contributed by atoms with Crippen molar-refractivity contribution < 1.29 is 13.9 Å². The fourth-order valence-electron chi connectivity index (χ4n) is 1.59. The molecule has 0 aromatic heterocycles. The SMILES string of the molecule is CC1CC(=O)c2cc(C#N)c(F)cc2O1. The number of rotatable bonds is 0. The molecule has 0 bridgehead atoms. The summed E-state index contributed by atoms with van der Waals surface area (Å²) in [4.78, 5) is 11.6. The van der Waals surface area contributed by atoms with Gasteiger partial charge in [-0.25, -0.2) is 4.39 Å². The number of nitrogens with zero attached hydrogens (tertiary/aromatic N) is 1. The Hall–Kier alpha value is -1.89. The number of carbonyl (C=O) groups excluding carboxylic acids is 1. The molecule has 1 aliphatic heterocycles. The van der Waals surface area contributed by atoms with Gasteiger partial charge in [0.1, 0.15) is 23.7 Å². The van der Waals surface area contributed by atoms with Gasteiger partial charge in [-0.3, -0.25) is 4.79 Å². The second-order valence-electron chi connectivity index (χ2n) is 3.50. The van der Waals surface area contributed by atoms with E-state index in [1.54, 1.807) is 13.0 Å². The molecule has 0 radical (unpaired) electrons. The van der Waals surface area contributed by atoms with Crippen LogP contribution in [0.4, 0.5) is 4.39 Å². The molecule has 1 atom stereocenters. The maximum atomic E-state index is 13.2. The maximum Gasteiger partial charge on any atom is 0.170 e. The lowest BCUT2D eigenvalue weighted by Gasteiger charge is -2.22. The summed E-state index contributed by atoms with van der Waals surface area (Å²) < 4.78 is 18.5. The molecule has 1 unspecified atom stereocenters. The lowest BCUT2D eigenvalue weighted by Crippen LogP contribution is -2.24. The van der Waals surface area contributed by atoms with Crippen LogP contribution in [-0.4, -0.2) is 11.9 Å². The van der Waals surface area contributed by atoms with Gasteiger partial charge in [-0.15, -0.1) is 0 Å². The van der Waals surface area contributed by atoms with Crippen molar-refractivity contribution in [2.45, 2.75) is 19.4 Å². The molecule has 0 fully saturated rings. The second-order valence-corrected chi connectivity index (χ2v) is 3.50. The van der Waals surface area contributed by atoms with E-state index in [-0.39, 0.29) is 29.6 Å². The van der Waals surface area contributed by atoms with Crippen LogP contribution in [0.25, 0.3) is 0 Å². The first-order valence-electron chi connectivity index (χ1n) is 4.55. The van der Waals surface area contributed by atoms with Gasteiger partial charge in [0.05, 0.1) is 11.1 Å². The number of ether oxygens (including phenoxy) is 1. The third-order valence-electron chi connectivity index (χ3n) is 2.29. The number of Topliss-reactive ketones (excluding diaryl/α,β-unsaturated/α-hetero) is 1. The number of carbonyl (C=O) groups is 1. The van der Waals surface area contributed by atoms with Crippen LogP contribution in [0, 0.1) is 17.1 Å². The molecule has 1 aromatic carbocycles. The Morgan fingerprint density at radius 1 is 1.60 bits per heavy atom. The van der Waals surface area contributed by atoms with Gasteiger partial charge in [0, 0.05) is 12.5 Å². The number of hydrogen-bond donors (Lipinski definition) is 0. The molecule has 1 aromatic rings. The van der Waals surface area contributed by atoms with E-state index in [0.717, 1.165) is 6.07 Å². The molecule has 1 heterocycles. The highest BCUT2D eigenvalue weighted by Crippen LogP contribution is 2.29. The number of benzene rings is 1. The van der Waals surface area contributed by atoms with Crippen molar-refractivity contribution in [2.75, 3.05) is 0 Å². The zero-order valence-electron chi connectivity index (χ0n) is 8.08. The average molecular weight is 205 g/mol. The van der Waals surface area contributed by atoms with Crippen molar-refractivity contribution in [2.24, 2.45) is 0 Å². The second kappa shape index (κ2) is 3.35. The average Bonchev–Trinajstić information content (AvgIpc) is 2.16. The van der Waals surface area contributed by atoms with Crippen LogP contribution in [0.5, 0.6) is 5.75 Å². The molecular weight excluding hydrogens is 197 g/mol. The topological polar surface area (TPSA) is 50.1 Å². The summed E-state index contributed by atoms with van der Waals surface area (Å²) in [6.45, 7) is 1.75. The van der Waals surface area contributed by atoms with Gasteiger partial charge in [0.2, 0.25) is 0 Å². The van der Waals surface area contributed by atoms with E-state index < -0.39 is 5.82 Å². The van der Waals surface area contributed by atoms with Crippen LogP contribution >= 0.6 is 0 Å². The smallest absolute Gasteiger partial charge is 0.170 e. The van der Waals surface area contributed by atoms with E-state index in [1.807, 2.05) is 0 Å². The zero-order chi connectivity index (χ0) is 11.0. The van der Waals surface area contributed by atoms with Crippen molar-refractivity contribution in [3.8, 4) is 11.8 Å². The van der Waals surface area contributed by atoms with Crippen molar-refractivity contribution in [1.29, 1.82) is 5.26 Å². The molecule has 0 saturated carbocycles. The normalized spacial score (nSPS) is 19.0.